The van der Waals surface area contributed by atoms with Crippen molar-refractivity contribution in [3.63, 3.8) is 0 Å². The molecule has 10 heteroatoms. The Kier molecular flexibility index (Phi) is 4.62. The van der Waals surface area contributed by atoms with Crippen LogP contribution in [0.3, 0.4) is 0 Å². The van der Waals surface area contributed by atoms with Gasteiger partial charge in [0, 0.05) is 6.42 Å². The lowest BCUT2D eigenvalue weighted by Crippen LogP contribution is -2.62. The minimum atomic E-state index is -5.20. The van der Waals surface area contributed by atoms with E-state index in [1.165, 1.54) is 0 Å². The van der Waals surface area contributed by atoms with Crippen LogP contribution in [-0.2, 0) is 21.7 Å². The first-order valence-corrected chi connectivity index (χ1v) is 9.42. The maximum absolute atomic E-state index is 14.2. The molecule has 0 saturated heterocycles. The Morgan fingerprint density at radius 3 is 2.59 bits per heavy atom. The normalized spacial score (nSPS) is 22.4. The summed E-state index contributed by atoms with van der Waals surface area (Å²) >= 11 is 0. The van der Waals surface area contributed by atoms with Gasteiger partial charge in [-0.1, -0.05) is 25.7 Å². The third kappa shape index (κ3) is 3.00. The zero-order valence-electron chi connectivity index (χ0n) is 15.3. The number of Topliss-reactive ketones (excluding diaryl/α,β-unsaturated/α-hetero) is 1. The summed E-state index contributed by atoms with van der Waals surface area (Å²) in [5, 5.41) is 1.87. The number of ketones is 1. The van der Waals surface area contributed by atoms with Gasteiger partial charge in [0.05, 0.1) is 11.9 Å². The Morgan fingerprint density at radius 2 is 1.93 bits per heavy atom. The van der Waals surface area contributed by atoms with E-state index in [0.29, 0.717) is 17.1 Å². The molecule has 1 saturated carbocycles. The predicted octanol–water partition coefficient (Wildman–Crippen LogP) is 3.74. The van der Waals surface area contributed by atoms with Crippen LogP contribution in [0.25, 0.3) is 11.0 Å². The smallest absolute Gasteiger partial charge is 0.319 e. The molecule has 156 valence electrons. The van der Waals surface area contributed by atoms with E-state index in [1.807, 2.05) is 5.32 Å². The fourth-order valence-electron chi connectivity index (χ4n) is 4.40. The quantitative estimate of drug-likeness (QED) is 0.774. The van der Waals surface area contributed by atoms with Crippen LogP contribution in [0.5, 0.6) is 0 Å². The van der Waals surface area contributed by atoms with Crippen LogP contribution in [0.4, 0.5) is 22.0 Å². The van der Waals surface area contributed by atoms with Gasteiger partial charge in [0.15, 0.2) is 17.4 Å². The largest absolute Gasteiger partial charge is 0.438 e. The van der Waals surface area contributed by atoms with Gasteiger partial charge in [-0.15, -0.1) is 0 Å². The van der Waals surface area contributed by atoms with Crippen LogP contribution in [0.1, 0.15) is 44.3 Å². The SMILES string of the molecule is O=C(CCC1CCCC1)NC1(C(F)(F)F)C(=O)Cc2nc3c(F)c(F)ccc3n21. The Labute approximate surface area is 162 Å². The first-order valence-electron chi connectivity index (χ1n) is 9.42. The number of nitrogens with one attached hydrogen (secondary N) is 1. The summed E-state index contributed by atoms with van der Waals surface area (Å²) in [5.74, 6) is -4.99. The molecular formula is C19H18F5N3O2. The van der Waals surface area contributed by atoms with Gasteiger partial charge >= 0.3 is 6.18 Å². The van der Waals surface area contributed by atoms with E-state index >= 15 is 0 Å². The molecule has 2 aliphatic rings. The van der Waals surface area contributed by atoms with Crippen LogP contribution in [-0.4, -0.2) is 27.4 Å². The van der Waals surface area contributed by atoms with Crippen molar-refractivity contribution >= 4 is 22.7 Å². The molecule has 1 fully saturated rings. The summed E-state index contributed by atoms with van der Waals surface area (Å²) in [6, 6.07) is 1.59. The maximum Gasteiger partial charge on any atom is 0.438 e. The van der Waals surface area contributed by atoms with Crippen molar-refractivity contribution < 1.29 is 31.5 Å². The summed E-state index contributed by atoms with van der Waals surface area (Å²) in [6.45, 7) is 0. The summed E-state index contributed by atoms with van der Waals surface area (Å²) in [5.41, 5.74) is -4.40. The Bertz CT molecular complexity index is 994. The fraction of sp³-hybridized carbons (Fsp3) is 0.526. The first kappa shape index (κ1) is 19.8. The molecule has 1 aromatic carbocycles. The second kappa shape index (κ2) is 6.77. The molecule has 1 aliphatic carbocycles. The Balaban J connectivity index is 1.74. The molecule has 29 heavy (non-hydrogen) atoms. The molecule has 1 aromatic heterocycles. The molecule has 0 spiro atoms. The van der Waals surface area contributed by atoms with Crippen molar-refractivity contribution in [2.45, 2.75) is 56.8 Å². The number of fused-ring (bicyclic) bond motifs is 3. The highest BCUT2D eigenvalue weighted by Gasteiger charge is 2.66. The highest BCUT2D eigenvalue weighted by Crippen LogP contribution is 2.44. The number of imidazole rings is 1. The van der Waals surface area contributed by atoms with Gasteiger partial charge in [0.2, 0.25) is 5.91 Å². The summed E-state index contributed by atoms with van der Waals surface area (Å²) < 4.78 is 70.6. The number of halogens is 5. The molecule has 1 unspecified atom stereocenters. The average molecular weight is 415 g/mol. The van der Waals surface area contributed by atoms with E-state index in [2.05, 4.69) is 4.98 Å². The fourth-order valence-corrected chi connectivity index (χ4v) is 4.40. The standard InChI is InChI=1S/C19H18F5N3O2/c20-11-6-7-12-17(16(11)21)25-14-9-13(28)18(27(12)14,19(22,23)24)26-15(29)8-5-10-3-1-2-4-10/h6-7,10H,1-5,8-9H2,(H,26,29). The number of amides is 1. The number of benzene rings is 1. The molecule has 2 heterocycles. The predicted molar refractivity (Wildman–Crippen MR) is 91.7 cm³/mol. The van der Waals surface area contributed by atoms with E-state index in [9.17, 15) is 31.5 Å². The van der Waals surface area contributed by atoms with Crippen molar-refractivity contribution in [1.82, 2.24) is 14.9 Å². The average Bonchev–Trinajstić information content (AvgIpc) is 3.33. The topological polar surface area (TPSA) is 64.0 Å². The second-order valence-corrected chi connectivity index (χ2v) is 7.64. The summed E-state index contributed by atoms with van der Waals surface area (Å²) in [6.07, 6.45) is -1.75. The minimum absolute atomic E-state index is 0.152. The lowest BCUT2D eigenvalue weighted by molar-refractivity contribution is -0.218. The van der Waals surface area contributed by atoms with Crippen LogP contribution < -0.4 is 5.32 Å². The van der Waals surface area contributed by atoms with Crippen LogP contribution in [0.15, 0.2) is 12.1 Å². The minimum Gasteiger partial charge on any atom is -0.319 e. The highest BCUT2D eigenvalue weighted by molar-refractivity contribution is 5.98. The van der Waals surface area contributed by atoms with Gasteiger partial charge in [-0.3, -0.25) is 14.2 Å². The Hall–Kier alpha value is -2.52. The molecule has 1 aliphatic heterocycles. The van der Waals surface area contributed by atoms with E-state index in [-0.39, 0.29) is 18.2 Å². The monoisotopic (exact) mass is 415 g/mol. The molecular weight excluding hydrogens is 397 g/mol. The third-order valence-electron chi connectivity index (χ3n) is 5.83. The van der Waals surface area contributed by atoms with E-state index in [1.54, 1.807) is 0 Å². The third-order valence-corrected chi connectivity index (χ3v) is 5.83. The molecule has 4 rings (SSSR count). The molecule has 1 amide bonds. The summed E-state index contributed by atoms with van der Waals surface area (Å²) in [4.78, 5) is 28.6. The van der Waals surface area contributed by atoms with Crippen molar-refractivity contribution in [3.05, 3.63) is 29.6 Å². The molecule has 2 aromatic rings. The van der Waals surface area contributed by atoms with Crippen LogP contribution in [0, 0.1) is 17.6 Å². The second-order valence-electron chi connectivity index (χ2n) is 7.64. The number of hydrogen-bond donors (Lipinski definition) is 1. The summed E-state index contributed by atoms with van der Waals surface area (Å²) in [7, 11) is 0. The molecule has 1 atom stereocenters. The number of carbonyl (C=O) groups is 2. The lowest BCUT2D eigenvalue weighted by Gasteiger charge is -2.33. The van der Waals surface area contributed by atoms with Crippen LogP contribution >= 0.6 is 0 Å². The van der Waals surface area contributed by atoms with E-state index < -0.39 is 52.6 Å². The van der Waals surface area contributed by atoms with Crippen molar-refractivity contribution in [3.8, 4) is 0 Å². The molecule has 0 radical (unpaired) electrons. The van der Waals surface area contributed by atoms with Gasteiger partial charge in [0.1, 0.15) is 11.3 Å². The number of carbonyl (C=O) groups excluding carboxylic acids is 2. The first-order chi connectivity index (χ1) is 13.6. The molecule has 0 bridgehead atoms. The van der Waals surface area contributed by atoms with Gasteiger partial charge in [0.25, 0.3) is 5.66 Å². The molecule has 1 N–H and O–H groups in total. The number of hydrogen-bond acceptors (Lipinski definition) is 3. The van der Waals surface area contributed by atoms with Crippen molar-refractivity contribution in [2.75, 3.05) is 0 Å². The Morgan fingerprint density at radius 1 is 1.24 bits per heavy atom. The van der Waals surface area contributed by atoms with Crippen molar-refractivity contribution in [2.24, 2.45) is 5.92 Å². The number of rotatable bonds is 4. The van der Waals surface area contributed by atoms with Gasteiger partial charge < -0.3 is 5.32 Å². The number of alkyl halides is 3. The lowest BCUT2D eigenvalue weighted by atomic mass is 10.00. The molecule has 5 nitrogen and oxygen atoms in total. The zero-order chi connectivity index (χ0) is 21.0. The number of aromatic nitrogens is 2. The van der Waals surface area contributed by atoms with Crippen LogP contribution in [0.2, 0.25) is 0 Å². The van der Waals surface area contributed by atoms with E-state index in [0.717, 1.165) is 31.7 Å². The van der Waals surface area contributed by atoms with Crippen molar-refractivity contribution in [1.29, 1.82) is 0 Å². The van der Waals surface area contributed by atoms with Gasteiger partial charge in [-0.05, 0) is 24.5 Å². The zero-order valence-corrected chi connectivity index (χ0v) is 15.3. The number of nitrogens with zero attached hydrogens (tertiary/aromatic N) is 2. The van der Waals surface area contributed by atoms with Gasteiger partial charge in [-0.25, -0.2) is 13.8 Å². The maximum atomic E-state index is 14.2. The highest BCUT2D eigenvalue weighted by atomic mass is 19.4. The van der Waals surface area contributed by atoms with Gasteiger partial charge in [-0.2, -0.15) is 13.2 Å². The van der Waals surface area contributed by atoms with E-state index in [4.69, 9.17) is 0 Å².